The topological polar surface area (TPSA) is 184 Å². The van der Waals surface area contributed by atoms with Gasteiger partial charge in [-0.1, -0.05) is 0 Å². The molecule has 102 valence electrons. The number of hydrogen-bond donors (Lipinski definition) is 3. The molecule has 0 unspecified atom stereocenters. The zero-order valence-corrected chi connectivity index (χ0v) is 9.73. The van der Waals surface area contributed by atoms with Crippen LogP contribution in [0, 0.1) is 37.0 Å². The van der Waals surface area contributed by atoms with Gasteiger partial charge < -0.3 is 5.73 Å². The Morgan fingerprint density at radius 1 is 1.40 bits per heavy atom. The number of anilines is 1. The van der Waals surface area contributed by atoms with E-state index in [1.165, 1.54) is 6.07 Å². The summed E-state index contributed by atoms with van der Waals surface area (Å²) in [6.07, 6.45) is 0. The number of nitrogens with two attached hydrogens (primary N) is 1. The number of nitro groups is 2. The van der Waals surface area contributed by atoms with Crippen LogP contribution in [0.25, 0.3) is 0 Å². The second-order valence-electron chi connectivity index (χ2n) is 3.31. The van der Waals surface area contributed by atoms with Crippen LogP contribution >= 0.6 is 0 Å². The molecule has 0 bridgehead atoms. The number of nitro benzene ring substituents is 2. The molecule has 20 heavy (non-hydrogen) atoms. The predicted molar refractivity (Wildman–Crippen MR) is 68.3 cm³/mol. The number of nitrogens with zero attached hydrogens (tertiary/aromatic N) is 4. The van der Waals surface area contributed by atoms with Crippen molar-refractivity contribution in [1.29, 1.82) is 10.7 Å². The molecule has 0 amide bonds. The normalized spacial score (nSPS) is 10.4. The summed E-state index contributed by atoms with van der Waals surface area (Å²) >= 11 is 0. The van der Waals surface area contributed by atoms with Crippen LogP contribution in [-0.4, -0.2) is 21.4 Å². The largest absolute Gasteiger partial charge is 0.382 e. The molecule has 0 radical (unpaired) electrons. The van der Waals surface area contributed by atoms with E-state index in [9.17, 15) is 20.2 Å². The maximum Gasteiger partial charge on any atom is 0.301 e. The van der Waals surface area contributed by atoms with Crippen LogP contribution in [0.5, 0.6) is 0 Å². The SMILES string of the molecule is N#C/C(=N\Nc1ccc([N+](=O)[O-])cc1[N+](=O)[O-])C(=N)N. The van der Waals surface area contributed by atoms with Crippen molar-refractivity contribution in [2.24, 2.45) is 10.8 Å². The Morgan fingerprint density at radius 2 is 2.05 bits per heavy atom. The van der Waals surface area contributed by atoms with E-state index >= 15 is 0 Å². The van der Waals surface area contributed by atoms with E-state index in [-0.39, 0.29) is 5.69 Å². The number of nitriles is 1. The lowest BCUT2D eigenvalue weighted by Crippen LogP contribution is -2.21. The minimum atomic E-state index is -0.843. The molecule has 0 aliphatic carbocycles. The fourth-order valence-corrected chi connectivity index (χ4v) is 1.14. The number of nitrogens with one attached hydrogen (secondary N) is 2. The zero-order valence-electron chi connectivity index (χ0n) is 9.73. The Bertz CT molecular complexity index is 661. The van der Waals surface area contributed by atoms with Crippen molar-refractivity contribution in [2.75, 3.05) is 5.43 Å². The van der Waals surface area contributed by atoms with Gasteiger partial charge in [-0.3, -0.25) is 31.1 Å². The van der Waals surface area contributed by atoms with Crippen molar-refractivity contribution in [1.82, 2.24) is 0 Å². The Hall–Kier alpha value is -3.55. The average molecular weight is 277 g/mol. The van der Waals surface area contributed by atoms with Crippen molar-refractivity contribution in [3.05, 3.63) is 38.4 Å². The molecule has 1 aromatic rings. The molecule has 0 aliphatic heterocycles. The highest BCUT2D eigenvalue weighted by Crippen LogP contribution is 2.28. The third-order valence-corrected chi connectivity index (χ3v) is 2.04. The molecule has 0 atom stereocenters. The second kappa shape index (κ2) is 5.87. The molecular weight excluding hydrogens is 270 g/mol. The summed E-state index contributed by atoms with van der Waals surface area (Å²) in [5, 5.41) is 40.4. The molecule has 11 heteroatoms. The van der Waals surface area contributed by atoms with Crippen LogP contribution in [0.2, 0.25) is 0 Å². The van der Waals surface area contributed by atoms with Crippen molar-refractivity contribution < 1.29 is 9.85 Å². The van der Waals surface area contributed by atoms with Crippen LogP contribution in [0.1, 0.15) is 0 Å². The van der Waals surface area contributed by atoms with Gasteiger partial charge in [-0.15, -0.1) is 0 Å². The third kappa shape index (κ3) is 3.23. The van der Waals surface area contributed by atoms with Gasteiger partial charge in [0.1, 0.15) is 11.8 Å². The first-order valence-corrected chi connectivity index (χ1v) is 4.88. The summed E-state index contributed by atoms with van der Waals surface area (Å²) in [6, 6.07) is 4.35. The van der Waals surface area contributed by atoms with Gasteiger partial charge >= 0.3 is 5.69 Å². The zero-order chi connectivity index (χ0) is 15.3. The first-order valence-electron chi connectivity index (χ1n) is 4.88. The molecule has 0 saturated carbocycles. The summed E-state index contributed by atoms with van der Waals surface area (Å²) in [5.74, 6) is -0.621. The van der Waals surface area contributed by atoms with E-state index in [2.05, 4.69) is 10.5 Å². The molecule has 1 aromatic carbocycles. The van der Waals surface area contributed by atoms with Gasteiger partial charge in [-0.2, -0.15) is 10.4 Å². The Balaban J connectivity index is 3.20. The maximum atomic E-state index is 10.8. The maximum absolute atomic E-state index is 10.8. The average Bonchev–Trinajstić information content (AvgIpc) is 2.38. The van der Waals surface area contributed by atoms with Gasteiger partial charge in [0, 0.05) is 6.07 Å². The highest BCUT2D eigenvalue weighted by atomic mass is 16.6. The molecule has 0 spiro atoms. The summed E-state index contributed by atoms with van der Waals surface area (Å²) in [7, 11) is 0. The highest BCUT2D eigenvalue weighted by Gasteiger charge is 2.19. The summed E-state index contributed by atoms with van der Waals surface area (Å²) in [4.78, 5) is 19.7. The second-order valence-corrected chi connectivity index (χ2v) is 3.31. The van der Waals surface area contributed by atoms with Crippen molar-refractivity contribution >= 4 is 28.6 Å². The first kappa shape index (κ1) is 14.5. The lowest BCUT2D eigenvalue weighted by atomic mass is 10.2. The van der Waals surface area contributed by atoms with Crippen LogP contribution in [0.15, 0.2) is 23.3 Å². The molecule has 0 aromatic heterocycles. The fraction of sp³-hybridized carbons (Fsp3) is 0. The number of amidine groups is 1. The van der Waals surface area contributed by atoms with E-state index in [4.69, 9.17) is 16.4 Å². The number of hydrazone groups is 1. The van der Waals surface area contributed by atoms with Gasteiger partial charge in [0.05, 0.1) is 15.9 Å². The van der Waals surface area contributed by atoms with Crippen LogP contribution < -0.4 is 11.2 Å². The van der Waals surface area contributed by atoms with Crippen molar-refractivity contribution in [3.63, 3.8) is 0 Å². The van der Waals surface area contributed by atoms with Gasteiger partial charge in [0.2, 0.25) is 5.71 Å². The Morgan fingerprint density at radius 3 is 2.50 bits per heavy atom. The van der Waals surface area contributed by atoms with Crippen molar-refractivity contribution in [2.45, 2.75) is 0 Å². The fourth-order valence-electron chi connectivity index (χ4n) is 1.14. The molecule has 0 aliphatic rings. The number of non-ortho nitro benzene ring substituents is 1. The van der Waals surface area contributed by atoms with Crippen molar-refractivity contribution in [3.8, 4) is 6.07 Å². The van der Waals surface area contributed by atoms with Gasteiger partial charge in [0.15, 0.2) is 5.84 Å². The lowest BCUT2D eigenvalue weighted by Gasteiger charge is -2.02. The number of rotatable bonds is 5. The minimum absolute atomic E-state index is 0.172. The lowest BCUT2D eigenvalue weighted by molar-refractivity contribution is -0.393. The van der Waals surface area contributed by atoms with Gasteiger partial charge in [0.25, 0.3) is 5.69 Å². The monoisotopic (exact) mass is 277 g/mol. The van der Waals surface area contributed by atoms with E-state index in [1.807, 2.05) is 0 Å². The summed E-state index contributed by atoms with van der Waals surface area (Å²) in [6.45, 7) is 0. The van der Waals surface area contributed by atoms with E-state index in [0.717, 1.165) is 18.2 Å². The molecular formula is C9H7N7O4. The number of hydrogen-bond acceptors (Lipinski definition) is 8. The predicted octanol–water partition coefficient (Wildman–Crippen LogP) is 0.730. The molecule has 0 saturated heterocycles. The molecule has 11 nitrogen and oxygen atoms in total. The quantitative estimate of drug-likeness (QED) is 0.306. The summed E-state index contributed by atoms with van der Waals surface area (Å²) < 4.78 is 0. The summed E-state index contributed by atoms with van der Waals surface area (Å²) in [5.41, 5.74) is 5.51. The Kier molecular flexibility index (Phi) is 4.26. The van der Waals surface area contributed by atoms with E-state index in [1.54, 1.807) is 0 Å². The standard InChI is InChI=1S/C9H7N7O4/c10-4-7(9(11)12)14-13-6-2-1-5(15(17)18)3-8(6)16(19)20/h1-3,13H,(H3,11,12)/b14-7+. The smallest absolute Gasteiger partial charge is 0.301 e. The van der Waals surface area contributed by atoms with E-state index in [0.29, 0.717) is 0 Å². The molecule has 4 N–H and O–H groups in total. The van der Waals surface area contributed by atoms with Crippen LogP contribution in [0.3, 0.4) is 0 Å². The highest BCUT2D eigenvalue weighted by molar-refractivity contribution is 6.45. The first-order chi connectivity index (χ1) is 9.36. The minimum Gasteiger partial charge on any atom is -0.382 e. The number of benzene rings is 1. The Labute approximate surface area is 111 Å². The molecule has 0 heterocycles. The van der Waals surface area contributed by atoms with Crippen LogP contribution in [-0.2, 0) is 0 Å². The van der Waals surface area contributed by atoms with Gasteiger partial charge in [-0.25, -0.2) is 0 Å². The van der Waals surface area contributed by atoms with Crippen LogP contribution in [0.4, 0.5) is 17.1 Å². The van der Waals surface area contributed by atoms with E-state index < -0.39 is 32.8 Å². The van der Waals surface area contributed by atoms with Gasteiger partial charge in [-0.05, 0) is 6.07 Å². The third-order valence-electron chi connectivity index (χ3n) is 2.04. The molecule has 0 fully saturated rings. The molecule has 1 rings (SSSR count).